The highest BCUT2D eigenvalue weighted by Crippen LogP contribution is 2.33. The smallest absolute Gasteiger partial charge is 0.306 e. The Kier molecular flexibility index (Phi) is 3.73. The third kappa shape index (κ3) is 3.25. The van der Waals surface area contributed by atoms with Crippen LogP contribution in [0.2, 0.25) is 0 Å². The van der Waals surface area contributed by atoms with Crippen molar-refractivity contribution >= 4 is 47.7 Å². The largest absolute Gasteiger partial charge is 0.383 e. The van der Waals surface area contributed by atoms with Crippen LogP contribution < -0.4 is 4.18 Å². The SMILES string of the molecule is CS(=O)(=O)Oc1ccc2c(-c3ccc(Br)cc3)nsc2c1. The topological polar surface area (TPSA) is 56.3 Å². The Morgan fingerprint density at radius 1 is 1.14 bits per heavy atom. The highest BCUT2D eigenvalue weighted by atomic mass is 79.9. The molecule has 0 aliphatic heterocycles. The maximum atomic E-state index is 11.2. The van der Waals surface area contributed by atoms with Gasteiger partial charge in [0, 0.05) is 21.5 Å². The molecule has 0 saturated heterocycles. The maximum absolute atomic E-state index is 11.2. The summed E-state index contributed by atoms with van der Waals surface area (Å²) >= 11 is 4.72. The van der Waals surface area contributed by atoms with Gasteiger partial charge in [0.2, 0.25) is 0 Å². The van der Waals surface area contributed by atoms with E-state index in [1.807, 2.05) is 30.3 Å². The molecule has 21 heavy (non-hydrogen) atoms. The first-order valence-electron chi connectivity index (χ1n) is 5.97. The minimum Gasteiger partial charge on any atom is -0.383 e. The molecule has 0 aliphatic rings. The fourth-order valence-corrected chi connectivity index (χ4v) is 3.50. The molecule has 0 atom stereocenters. The first-order valence-corrected chi connectivity index (χ1v) is 9.35. The second-order valence-corrected chi connectivity index (χ2v) is 7.78. The van der Waals surface area contributed by atoms with Crippen LogP contribution in [0, 0.1) is 0 Å². The summed E-state index contributed by atoms with van der Waals surface area (Å²) in [5, 5.41) is 0.975. The number of nitrogens with zero attached hydrogens (tertiary/aromatic N) is 1. The first-order chi connectivity index (χ1) is 9.92. The third-order valence-electron chi connectivity index (χ3n) is 2.81. The summed E-state index contributed by atoms with van der Waals surface area (Å²) < 4.78 is 33.5. The molecule has 108 valence electrons. The molecule has 3 aromatic rings. The van der Waals surface area contributed by atoms with E-state index in [4.69, 9.17) is 4.18 Å². The molecule has 0 fully saturated rings. The van der Waals surface area contributed by atoms with Crippen LogP contribution >= 0.6 is 27.5 Å². The summed E-state index contributed by atoms with van der Waals surface area (Å²) in [5.74, 6) is 0.302. The van der Waals surface area contributed by atoms with E-state index in [2.05, 4.69) is 20.3 Å². The van der Waals surface area contributed by atoms with Crippen LogP contribution in [0.5, 0.6) is 5.75 Å². The fraction of sp³-hybridized carbons (Fsp3) is 0.0714. The van der Waals surface area contributed by atoms with Crippen molar-refractivity contribution in [2.75, 3.05) is 6.26 Å². The quantitative estimate of drug-likeness (QED) is 0.639. The van der Waals surface area contributed by atoms with E-state index < -0.39 is 10.1 Å². The molecule has 0 bridgehead atoms. The molecule has 0 unspecified atom stereocenters. The average Bonchev–Trinajstić information content (AvgIpc) is 2.81. The van der Waals surface area contributed by atoms with Crippen molar-refractivity contribution in [2.24, 2.45) is 0 Å². The Morgan fingerprint density at radius 2 is 1.86 bits per heavy atom. The summed E-state index contributed by atoms with van der Waals surface area (Å²) in [6, 6.07) is 13.1. The maximum Gasteiger partial charge on any atom is 0.306 e. The molecule has 0 saturated carbocycles. The highest BCUT2D eigenvalue weighted by molar-refractivity contribution is 9.10. The van der Waals surface area contributed by atoms with Crippen LogP contribution in [0.1, 0.15) is 0 Å². The van der Waals surface area contributed by atoms with Gasteiger partial charge < -0.3 is 4.18 Å². The van der Waals surface area contributed by atoms with E-state index in [0.717, 1.165) is 32.1 Å². The summed E-state index contributed by atoms with van der Waals surface area (Å²) in [6.45, 7) is 0. The molecule has 2 aromatic carbocycles. The zero-order valence-electron chi connectivity index (χ0n) is 10.9. The van der Waals surface area contributed by atoms with Crippen LogP contribution in [0.25, 0.3) is 21.3 Å². The standard InChI is InChI=1S/C14H10BrNO3S2/c1-21(17,18)19-11-6-7-12-13(8-11)20-16-14(12)9-2-4-10(15)5-3-9/h2-8H,1H3. The van der Waals surface area contributed by atoms with Gasteiger partial charge in [0.25, 0.3) is 0 Å². The number of hydrogen-bond donors (Lipinski definition) is 0. The summed E-state index contributed by atoms with van der Waals surface area (Å²) in [5.41, 5.74) is 1.90. The van der Waals surface area contributed by atoms with Crippen LogP contribution in [-0.4, -0.2) is 19.0 Å². The van der Waals surface area contributed by atoms with Gasteiger partial charge in [0.05, 0.1) is 16.6 Å². The van der Waals surface area contributed by atoms with Crippen LogP contribution in [-0.2, 0) is 10.1 Å². The molecule has 4 nitrogen and oxygen atoms in total. The number of fused-ring (bicyclic) bond motifs is 1. The van der Waals surface area contributed by atoms with E-state index in [9.17, 15) is 8.42 Å². The lowest BCUT2D eigenvalue weighted by Gasteiger charge is -2.03. The van der Waals surface area contributed by atoms with E-state index in [1.54, 1.807) is 12.1 Å². The second-order valence-electron chi connectivity index (χ2n) is 4.48. The van der Waals surface area contributed by atoms with Crippen molar-refractivity contribution in [3.8, 4) is 17.0 Å². The molecule has 0 N–H and O–H groups in total. The van der Waals surface area contributed by atoms with Gasteiger partial charge >= 0.3 is 10.1 Å². The third-order valence-corrected chi connectivity index (χ3v) is 4.64. The lowest BCUT2D eigenvalue weighted by molar-refractivity contribution is 0.493. The van der Waals surface area contributed by atoms with Gasteiger partial charge in [-0.2, -0.15) is 12.8 Å². The van der Waals surface area contributed by atoms with Gasteiger partial charge in [-0.15, -0.1) is 0 Å². The van der Waals surface area contributed by atoms with Gasteiger partial charge in [0.1, 0.15) is 5.75 Å². The Labute approximate surface area is 134 Å². The Morgan fingerprint density at radius 3 is 2.52 bits per heavy atom. The van der Waals surface area contributed by atoms with E-state index in [1.165, 1.54) is 11.5 Å². The summed E-state index contributed by atoms with van der Waals surface area (Å²) in [7, 11) is -3.52. The van der Waals surface area contributed by atoms with Crippen LogP contribution in [0.3, 0.4) is 0 Å². The van der Waals surface area contributed by atoms with E-state index in [-0.39, 0.29) is 0 Å². The molecular formula is C14H10BrNO3S2. The lowest BCUT2D eigenvalue weighted by atomic mass is 10.1. The van der Waals surface area contributed by atoms with Gasteiger partial charge in [-0.05, 0) is 35.8 Å². The lowest BCUT2D eigenvalue weighted by Crippen LogP contribution is -2.05. The number of aromatic nitrogens is 1. The zero-order chi connectivity index (χ0) is 15.0. The number of rotatable bonds is 3. The van der Waals surface area contributed by atoms with Gasteiger partial charge in [-0.25, -0.2) is 0 Å². The summed E-state index contributed by atoms with van der Waals surface area (Å²) in [6.07, 6.45) is 1.02. The predicted molar refractivity (Wildman–Crippen MR) is 88.2 cm³/mol. The first kappa shape index (κ1) is 14.5. The molecule has 7 heteroatoms. The van der Waals surface area contributed by atoms with Crippen molar-refractivity contribution in [1.29, 1.82) is 0 Å². The predicted octanol–water partition coefficient (Wildman–Crippen LogP) is 4.06. The van der Waals surface area contributed by atoms with Crippen molar-refractivity contribution in [3.05, 3.63) is 46.9 Å². The summed E-state index contributed by atoms with van der Waals surface area (Å²) in [4.78, 5) is 0. The molecule has 0 amide bonds. The number of hydrogen-bond acceptors (Lipinski definition) is 5. The molecule has 3 rings (SSSR count). The van der Waals surface area contributed by atoms with E-state index in [0.29, 0.717) is 5.75 Å². The Bertz CT molecular complexity index is 902. The molecule has 0 spiro atoms. The number of halogens is 1. The van der Waals surface area contributed by atoms with Gasteiger partial charge in [0.15, 0.2) is 0 Å². The van der Waals surface area contributed by atoms with Crippen LogP contribution in [0.15, 0.2) is 46.9 Å². The highest BCUT2D eigenvalue weighted by Gasteiger charge is 2.11. The van der Waals surface area contributed by atoms with Crippen molar-refractivity contribution in [3.63, 3.8) is 0 Å². The molecular weight excluding hydrogens is 374 g/mol. The monoisotopic (exact) mass is 383 g/mol. The van der Waals surface area contributed by atoms with Crippen molar-refractivity contribution in [2.45, 2.75) is 0 Å². The van der Waals surface area contributed by atoms with Crippen molar-refractivity contribution in [1.82, 2.24) is 4.37 Å². The van der Waals surface area contributed by atoms with E-state index >= 15 is 0 Å². The number of benzene rings is 2. The minimum absolute atomic E-state index is 0.302. The molecule has 0 radical (unpaired) electrons. The second kappa shape index (κ2) is 5.40. The Hall–Kier alpha value is -1.44. The zero-order valence-corrected chi connectivity index (χ0v) is 14.1. The van der Waals surface area contributed by atoms with Gasteiger partial charge in [-0.1, -0.05) is 28.1 Å². The average molecular weight is 384 g/mol. The molecule has 1 aromatic heterocycles. The minimum atomic E-state index is -3.52. The molecule has 1 heterocycles. The van der Waals surface area contributed by atoms with Gasteiger partial charge in [-0.3, -0.25) is 0 Å². The Balaban J connectivity index is 2.05. The fourth-order valence-electron chi connectivity index (χ4n) is 1.96. The normalized spacial score (nSPS) is 11.7. The van der Waals surface area contributed by atoms with Crippen LogP contribution in [0.4, 0.5) is 0 Å². The van der Waals surface area contributed by atoms with Crippen molar-refractivity contribution < 1.29 is 12.6 Å². The molecule has 0 aliphatic carbocycles.